The van der Waals surface area contributed by atoms with Crippen LogP contribution in [0.15, 0.2) is 313 Å². The van der Waals surface area contributed by atoms with Gasteiger partial charge in [-0.3, -0.25) is 28.8 Å². The van der Waals surface area contributed by atoms with E-state index in [1.54, 1.807) is 110 Å². The molecule has 12 aromatic heterocycles. The van der Waals surface area contributed by atoms with Crippen LogP contribution in [-0.4, -0.2) is 95.5 Å². The van der Waals surface area contributed by atoms with Crippen LogP contribution in [0.1, 0.15) is 209 Å². The Bertz CT molecular complexity index is 7210. The highest BCUT2D eigenvalue weighted by molar-refractivity contribution is 6.35. The topological polar surface area (TPSA) is 336 Å². The third kappa shape index (κ3) is 30.6. The predicted octanol–water partition coefficient (Wildman–Crippen LogP) is 28.9. The van der Waals surface area contributed by atoms with Crippen LogP contribution in [0.2, 0.25) is 30.9 Å². The zero-order valence-electron chi connectivity index (χ0n) is 80.6. The maximum atomic E-state index is 12.3. The van der Waals surface area contributed by atoms with Crippen molar-refractivity contribution in [2.75, 3.05) is 0 Å². The van der Waals surface area contributed by atoms with Gasteiger partial charge in [0.2, 0.25) is 0 Å². The fraction of sp³-hybridized carbons (Fsp3) is 0.211. The van der Waals surface area contributed by atoms with E-state index in [2.05, 4.69) is 165 Å². The number of pyridine rings is 6. The first-order valence-corrected chi connectivity index (χ1v) is 48.8. The van der Waals surface area contributed by atoms with E-state index in [-0.39, 0.29) is 71.0 Å². The molecule has 12 heterocycles. The van der Waals surface area contributed by atoms with Gasteiger partial charge in [0, 0.05) is 184 Å². The molecule has 6 aromatic carbocycles. The Morgan fingerprint density at radius 2 is 0.479 bits per heavy atom. The summed E-state index contributed by atoms with van der Waals surface area (Å²) in [5, 5.41) is 26.0. The van der Waals surface area contributed by atoms with E-state index < -0.39 is 0 Å². The highest BCUT2D eigenvalue weighted by Gasteiger charge is 2.23. The van der Waals surface area contributed by atoms with Crippen LogP contribution < -0.4 is 0 Å². The summed E-state index contributed by atoms with van der Waals surface area (Å²) in [7, 11) is 0. The van der Waals surface area contributed by atoms with Crippen LogP contribution in [0.25, 0.3) is 67.5 Å². The van der Waals surface area contributed by atoms with Crippen LogP contribution >= 0.6 is 69.6 Å². The van der Waals surface area contributed by atoms with Crippen LogP contribution in [0.5, 0.6) is 0 Å². The molecule has 0 aliphatic carbocycles. The van der Waals surface area contributed by atoms with E-state index >= 15 is 0 Å². The number of Topliss-reactive ketones (excluding diaryl/α,β-unsaturated/α-hetero) is 6. The molecule has 144 heavy (non-hydrogen) atoms. The Kier molecular flexibility index (Phi) is 38.7. The van der Waals surface area contributed by atoms with Gasteiger partial charge in [0.25, 0.3) is 0 Å². The Labute approximate surface area is 863 Å². The molecule has 0 saturated carbocycles. The quantitative estimate of drug-likeness (QED) is 0.0279. The molecule has 30 heteroatoms. The molecule has 0 bridgehead atoms. The summed E-state index contributed by atoms with van der Waals surface area (Å²) in [6.45, 7) is 19.0. The van der Waals surface area contributed by atoms with Crippen molar-refractivity contribution in [1.82, 2.24) is 60.8 Å². The predicted molar refractivity (Wildman–Crippen MR) is 559 cm³/mol. The molecular weight excluding hydrogens is 1940 g/mol. The van der Waals surface area contributed by atoms with Gasteiger partial charge in [-0.25, -0.2) is 29.9 Å². The van der Waals surface area contributed by atoms with E-state index in [0.717, 1.165) is 91.5 Å². The molecule has 0 saturated heterocycles. The molecule has 0 amide bonds. The fourth-order valence-corrected chi connectivity index (χ4v) is 16.4. The third-order valence-electron chi connectivity index (χ3n) is 23.0. The zero-order valence-corrected chi connectivity index (χ0v) is 85.1. The van der Waals surface area contributed by atoms with E-state index in [4.69, 9.17) is 96.7 Å². The first-order valence-electron chi connectivity index (χ1n) is 46.6. The standard InChI is InChI=1S/C21H21ClN2O2.C20H19ClN2O2.2C19H17ClN2O2.C18H15ClN2O2.C17H13ClN2O2/c1-21(2,3)15-8-6-14(7-9-15)18-13-16(26-24-18)10-11-19(25)17-5-4-12-23-20(17)22;1-12-9-13(2)19(14(3)10-12)17-11-15(25-23-17)6-7-18(24)16-5-4-8-22-20(16)21;2*1-2-13-5-7-14(8-6-13)17-12-15(24-22-17)9-10-18(23)16-4-3-11-21-19(16)20;1-12-4-6-13(7-5-12)16-11-14(23-21-16)8-9-17(22)15-3-2-10-20-18(15)19;18-17-14(7-4-10-19-17)16(21)9-8-13-11-15(20-22-13)12-5-2-1-3-6-12/h4-9,12-13H,10-11H2,1-3H3;4-5,8-11H,6-7H2,1-3H3;2*3-8,11-12H,2,9-10H2,1H3;2-7,10-11H,8-9H2,1H3;1-7,10-11H,8-9H2. The van der Waals surface area contributed by atoms with Crippen molar-refractivity contribution in [3.63, 3.8) is 0 Å². The van der Waals surface area contributed by atoms with Crippen molar-refractivity contribution >= 4 is 104 Å². The number of hydrogen-bond donors (Lipinski definition) is 0. The van der Waals surface area contributed by atoms with Crippen LogP contribution in [0.3, 0.4) is 0 Å². The molecule has 0 aliphatic heterocycles. The average molecular weight is 2040 g/mol. The summed E-state index contributed by atoms with van der Waals surface area (Å²) in [5.74, 6) is 3.71. The molecule has 0 aliphatic rings. The highest BCUT2D eigenvalue weighted by Crippen LogP contribution is 2.34. The summed E-state index contributed by atoms with van der Waals surface area (Å²) in [6.07, 6.45) is 16.0. The minimum absolute atomic E-state index is 0.0567. The first kappa shape index (κ1) is 107. The maximum absolute atomic E-state index is 12.3. The van der Waals surface area contributed by atoms with Gasteiger partial charge in [-0.15, -0.1) is 0 Å². The summed E-state index contributed by atoms with van der Waals surface area (Å²) < 4.78 is 32.1. The van der Waals surface area contributed by atoms with Crippen molar-refractivity contribution in [2.45, 2.75) is 158 Å². The number of benzene rings is 6. The second kappa shape index (κ2) is 52.3. The smallest absolute Gasteiger partial charge is 0.166 e. The van der Waals surface area contributed by atoms with Crippen LogP contribution in [0, 0.1) is 27.7 Å². The van der Waals surface area contributed by atoms with Crippen molar-refractivity contribution in [2.24, 2.45) is 0 Å². The lowest BCUT2D eigenvalue weighted by Crippen LogP contribution is -2.10. The number of rotatable bonds is 32. The molecule has 0 radical (unpaired) electrons. The number of carbonyl (C=O) groups excluding carboxylic acids is 6. The Morgan fingerprint density at radius 1 is 0.257 bits per heavy atom. The van der Waals surface area contributed by atoms with Gasteiger partial charge >= 0.3 is 0 Å². The fourth-order valence-electron chi connectivity index (χ4n) is 15.1. The van der Waals surface area contributed by atoms with Gasteiger partial charge in [0.15, 0.2) is 34.7 Å². The number of hydrogen-bond acceptors (Lipinski definition) is 24. The molecule has 24 nitrogen and oxygen atoms in total. The van der Waals surface area contributed by atoms with Crippen LogP contribution in [0.4, 0.5) is 0 Å². The van der Waals surface area contributed by atoms with Gasteiger partial charge in [-0.2, -0.15) is 0 Å². The number of ketones is 6. The molecule has 732 valence electrons. The third-order valence-corrected chi connectivity index (χ3v) is 24.8. The van der Waals surface area contributed by atoms with Gasteiger partial charge in [-0.05, 0) is 147 Å². The van der Waals surface area contributed by atoms with Gasteiger partial charge in [-0.1, -0.05) is 286 Å². The highest BCUT2D eigenvalue weighted by atomic mass is 35.5. The van der Waals surface area contributed by atoms with Gasteiger partial charge < -0.3 is 27.1 Å². The lowest BCUT2D eigenvalue weighted by atomic mass is 9.86. The SMILES string of the molecule is CC(C)(C)c1ccc(-c2cc(CCC(=O)c3cccnc3Cl)on2)cc1.CCc1ccc(-c2cc(CCC(=O)c3cccnc3Cl)on2)cc1.CCc1ccc(-c2cc(CCC(=O)c3cccnc3Cl)on2)cc1.Cc1cc(C)c(-c2cc(CCC(=O)c3cccnc3Cl)on2)c(C)c1.Cc1ccc(-c2cc(CCC(=O)c3cccnc3Cl)on2)cc1.O=C(CCc1cc(-c2ccccc2)no1)c1cccnc1Cl. The number of halogens is 6. The molecule has 18 rings (SSSR count). The van der Waals surface area contributed by atoms with Crippen LogP contribution in [-0.2, 0) is 56.8 Å². The summed E-state index contributed by atoms with van der Waals surface area (Å²) in [5.41, 5.74) is 22.0. The number of carbonyl (C=O) groups is 6. The second-order valence-electron chi connectivity index (χ2n) is 34.6. The molecule has 0 unspecified atom stereocenters. The molecule has 0 atom stereocenters. The second-order valence-corrected chi connectivity index (χ2v) is 36.7. The van der Waals surface area contributed by atoms with Crippen molar-refractivity contribution < 1.29 is 55.9 Å². The van der Waals surface area contributed by atoms with E-state index in [1.807, 2.05) is 134 Å². The minimum atomic E-state index is -0.0596. The Morgan fingerprint density at radius 3 is 0.715 bits per heavy atom. The lowest BCUT2D eigenvalue weighted by molar-refractivity contribution is 0.0972. The average Bonchev–Trinajstić information content (AvgIpc) is 1.61. The van der Waals surface area contributed by atoms with Crippen molar-refractivity contribution in [3.05, 3.63) is 424 Å². The Balaban J connectivity index is 0.000000145. The molecule has 0 fully saturated rings. The van der Waals surface area contributed by atoms with E-state index in [0.29, 0.717) is 145 Å². The molecule has 18 aromatic rings. The molecular formula is C114H102Cl6N12O12. The summed E-state index contributed by atoms with van der Waals surface area (Å²) in [6, 6.07) is 78.3. The van der Waals surface area contributed by atoms with Crippen molar-refractivity contribution in [3.8, 4) is 67.5 Å². The van der Waals surface area contributed by atoms with Gasteiger partial charge in [0.1, 0.15) is 99.6 Å². The van der Waals surface area contributed by atoms with Crippen molar-refractivity contribution in [1.29, 1.82) is 0 Å². The molecule has 0 N–H and O–H groups in total. The lowest BCUT2D eigenvalue weighted by Gasteiger charge is -2.18. The number of aromatic nitrogens is 12. The maximum Gasteiger partial charge on any atom is 0.166 e. The first-order chi connectivity index (χ1) is 69.5. The van der Waals surface area contributed by atoms with Gasteiger partial charge in [0.05, 0.1) is 33.4 Å². The largest absolute Gasteiger partial charge is 0.361 e. The minimum Gasteiger partial charge on any atom is -0.361 e. The summed E-state index contributed by atoms with van der Waals surface area (Å²) >= 11 is 35.7. The number of aryl methyl sites for hydroxylation is 12. The normalized spacial score (nSPS) is 10.9. The molecule has 0 spiro atoms. The zero-order chi connectivity index (χ0) is 102. The van der Waals surface area contributed by atoms with E-state index in [1.165, 1.54) is 27.8 Å². The number of nitrogens with zero attached hydrogens (tertiary/aromatic N) is 12. The summed E-state index contributed by atoms with van der Waals surface area (Å²) in [4.78, 5) is 96.8. The van der Waals surface area contributed by atoms with E-state index in [9.17, 15) is 28.8 Å². The monoisotopic (exact) mass is 2040 g/mol. The Hall–Kier alpha value is -14.8.